The molecule has 2 nitrogen and oxygen atoms in total. The number of hydrogen-bond acceptors (Lipinski definition) is 1. The fraction of sp³-hybridized carbons (Fsp3) is 0.100. The SMILES string of the molecule is CC(=Cc1ccc(F)c(F)c1F)C(=O)O. The summed E-state index contributed by atoms with van der Waals surface area (Å²) < 4.78 is 38.3. The molecule has 0 aliphatic heterocycles. The number of aliphatic carboxylic acids is 1. The van der Waals surface area contributed by atoms with Crippen molar-refractivity contribution in [2.24, 2.45) is 0 Å². The van der Waals surface area contributed by atoms with E-state index in [1.807, 2.05) is 0 Å². The largest absolute Gasteiger partial charge is 0.478 e. The van der Waals surface area contributed by atoms with Gasteiger partial charge in [-0.3, -0.25) is 0 Å². The maximum atomic E-state index is 13.0. The first kappa shape index (κ1) is 11.3. The van der Waals surface area contributed by atoms with Gasteiger partial charge in [0.1, 0.15) is 0 Å². The molecule has 15 heavy (non-hydrogen) atoms. The van der Waals surface area contributed by atoms with Gasteiger partial charge in [-0.15, -0.1) is 0 Å². The summed E-state index contributed by atoms with van der Waals surface area (Å²) in [5.74, 6) is -5.56. The van der Waals surface area contributed by atoms with Crippen LogP contribution in [0.3, 0.4) is 0 Å². The standard InChI is InChI=1S/C10H7F3O2/c1-5(10(14)15)4-6-2-3-7(11)9(13)8(6)12/h2-4H,1H3,(H,14,15). The highest BCUT2D eigenvalue weighted by atomic mass is 19.2. The number of rotatable bonds is 2. The summed E-state index contributed by atoms with van der Waals surface area (Å²) in [6.45, 7) is 1.23. The maximum absolute atomic E-state index is 13.0. The molecule has 0 aliphatic carbocycles. The third kappa shape index (κ3) is 2.37. The molecule has 1 aromatic rings. The van der Waals surface area contributed by atoms with Crippen molar-refractivity contribution in [2.45, 2.75) is 6.92 Å². The molecule has 0 unspecified atom stereocenters. The molecular weight excluding hydrogens is 209 g/mol. The number of halogens is 3. The van der Waals surface area contributed by atoms with Crippen LogP contribution in [0.2, 0.25) is 0 Å². The lowest BCUT2D eigenvalue weighted by Crippen LogP contribution is -1.98. The van der Waals surface area contributed by atoms with Crippen LogP contribution < -0.4 is 0 Å². The minimum Gasteiger partial charge on any atom is -0.478 e. The van der Waals surface area contributed by atoms with Crippen LogP contribution in [-0.4, -0.2) is 11.1 Å². The third-order valence-corrected chi connectivity index (χ3v) is 1.77. The van der Waals surface area contributed by atoms with Crippen LogP contribution in [0.5, 0.6) is 0 Å². The van der Waals surface area contributed by atoms with Crippen LogP contribution in [0.1, 0.15) is 12.5 Å². The molecule has 0 fully saturated rings. The van der Waals surface area contributed by atoms with Gasteiger partial charge >= 0.3 is 5.97 Å². The van der Waals surface area contributed by atoms with E-state index in [4.69, 9.17) is 5.11 Å². The van der Waals surface area contributed by atoms with Gasteiger partial charge in [0.05, 0.1) is 0 Å². The van der Waals surface area contributed by atoms with E-state index in [9.17, 15) is 18.0 Å². The zero-order valence-electron chi connectivity index (χ0n) is 7.72. The molecule has 0 heterocycles. The zero-order valence-corrected chi connectivity index (χ0v) is 7.72. The Morgan fingerprint density at radius 1 is 1.27 bits per heavy atom. The summed E-state index contributed by atoms with van der Waals surface area (Å²) in [5, 5.41) is 8.50. The Morgan fingerprint density at radius 2 is 1.87 bits per heavy atom. The van der Waals surface area contributed by atoms with Crippen molar-refractivity contribution in [3.63, 3.8) is 0 Å². The summed E-state index contributed by atoms with van der Waals surface area (Å²) in [5.41, 5.74) is -0.464. The fourth-order valence-corrected chi connectivity index (χ4v) is 0.947. The Labute approximate surface area is 83.7 Å². The van der Waals surface area contributed by atoms with E-state index in [1.54, 1.807) is 0 Å². The molecule has 80 valence electrons. The van der Waals surface area contributed by atoms with E-state index in [-0.39, 0.29) is 11.1 Å². The van der Waals surface area contributed by atoms with Gasteiger partial charge in [-0.25, -0.2) is 18.0 Å². The number of benzene rings is 1. The van der Waals surface area contributed by atoms with E-state index < -0.39 is 23.4 Å². The van der Waals surface area contributed by atoms with Crippen molar-refractivity contribution in [2.75, 3.05) is 0 Å². The van der Waals surface area contributed by atoms with E-state index in [0.717, 1.165) is 18.2 Å². The first-order valence-electron chi connectivity index (χ1n) is 3.98. The first-order valence-corrected chi connectivity index (χ1v) is 3.98. The molecule has 0 spiro atoms. The van der Waals surface area contributed by atoms with E-state index in [1.165, 1.54) is 6.92 Å². The van der Waals surface area contributed by atoms with Gasteiger partial charge in [-0.2, -0.15) is 0 Å². The van der Waals surface area contributed by atoms with Crippen molar-refractivity contribution in [1.82, 2.24) is 0 Å². The van der Waals surface area contributed by atoms with Crippen LogP contribution in [0.15, 0.2) is 17.7 Å². The lowest BCUT2D eigenvalue weighted by atomic mass is 10.1. The topological polar surface area (TPSA) is 37.3 Å². The molecule has 5 heteroatoms. The molecule has 0 atom stereocenters. The van der Waals surface area contributed by atoms with Crippen molar-refractivity contribution < 1.29 is 23.1 Å². The summed E-state index contributed by atoms with van der Waals surface area (Å²) >= 11 is 0. The number of hydrogen-bond donors (Lipinski definition) is 1. The van der Waals surface area contributed by atoms with Crippen molar-refractivity contribution in [3.8, 4) is 0 Å². The number of carboxylic acids is 1. The number of carboxylic acid groups (broad SMARTS) is 1. The predicted octanol–water partition coefficient (Wildman–Crippen LogP) is 2.59. The Balaban J connectivity index is 3.23. The van der Waals surface area contributed by atoms with Crippen LogP contribution >= 0.6 is 0 Å². The lowest BCUT2D eigenvalue weighted by Gasteiger charge is -2.00. The lowest BCUT2D eigenvalue weighted by molar-refractivity contribution is -0.132. The molecule has 0 saturated heterocycles. The van der Waals surface area contributed by atoms with Gasteiger partial charge in [-0.1, -0.05) is 0 Å². The van der Waals surface area contributed by atoms with E-state index >= 15 is 0 Å². The molecule has 0 bridgehead atoms. The van der Waals surface area contributed by atoms with Gasteiger partial charge in [-0.05, 0) is 25.1 Å². The van der Waals surface area contributed by atoms with Gasteiger partial charge in [0.25, 0.3) is 0 Å². The molecular formula is C10H7F3O2. The molecule has 1 N–H and O–H groups in total. The average Bonchev–Trinajstić information content (AvgIpc) is 2.18. The second kappa shape index (κ2) is 4.16. The first-order chi connectivity index (χ1) is 6.93. The molecule has 1 rings (SSSR count). The van der Waals surface area contributed by atoms with E-state index in [2.05, 4.69) is 0 Å². The highest BCUT2D eigenvalue weighted by Gasteiger charge is 2.12. The quantitative estimate of drug-likeness (QED) is 0.609. The van der Waals surface area contributed by atoms with Gasteiger partial charge < -0.3 is 5.11 Å². The van der Waals surface area contributed by atoms with Crippen LogP contribution in [0.4, 0.5) is 13.2 Å². The highest BCUT2D eigenvalue weighted by molar-refractivity contribution is 5.91. The van der Waals surface area contributed by atoms with Crippen LogP contribution in [-0.2, 0) is 4.79 Å². The summed E-state index contributed by atoms with van der Waals surface area (Å²) in [6, 6.07) is 1.71. The van der Waals surface area contributed by atoms with Crippen molar-refractivity contribution in [1.29, 1.82) is 0 Å². The normalized spacial score (nSPS) is 11.6. The summed E-state index contributed by atoms with van der Waals surface area (Å²) in [4.78, 5) is 10.4. The second-order valence-electron chi connectivity index (χ2n) is 2.90. The van der Waals surface area contributed by atoms with Crippen molar-refractivity contribution >= 4 is 12.0 Å². The Hall–Kier alpha value is -1.78. The van der Waals surface area contributed by atoms with Crippen LogP contribution in [0, 0.1) is 17.5 Å². The highest BCUT2D eigenvalue weighted by Crippen LogP contribution is 2.17. The van der Waals surface area contributed by atoms with Gasteiger partial charge in [0.15, 0.2) is 17.5 Å². The Kier molecular flexibility index (Phi) is 3.14. The van der Waals surface area contributed by atoms with E-state index in [0.29, 0.717) is 0 Å². The Morgan fingerprint density at radius 3 is 2.40 bits per heavy atom. The Bertz CT molecular complexity index is 439. The van der Waals surface area contributed by atoms with Crippen LogP contribution in [0.25, 0.3) is 6.08 Å². The fourth-order valence-electron chi connectivity index (χ4n) is 0.947. The second-order valence-corrected chi connectivity index (χ2v) is 2.90. The molecule has 0 radical (unpaired) electrons. The van der Waals surface area contributed by atoms with Gasteiger partial charge in [0, 0.05) is 11.1 Å². The third-order valence-electron chi connectivity index (χ3n) is 1.77. The molecule has 0 amide bonds. The molecule has 0 saturated carbocycles. The minimum atomic E-state index is -1.61. The zero-order chi connectivity index (χ0) is 11.6. The molecule has 1 aromatic carbocycles. The average molecular weight is 216 g/mol. The monoisotopic (exact) mass is 216 g/mol. The summed E-state index contributed by atoms with van der Waals surface area (Å²) in [7, 11) is 0. The number of carbonyl (C=O) groups is 1. The molecule has 0 aromatic heterocycles. The maximum Gasteiger partial charge on any atom is 0.331 e. The molecule has 0 aliphatic rings. The smallest absolute Gasteiger partial charge is 0.331 e. The minimum absolute atomic E-state index is 0.167. The predicted molar refractivity (Wildman–Crippen MR) is 47.6 cm³/mol. The summed E-state index contributed by atoms with van der Waals surface area (Å²) in [6.07, 6.45) is 0.931. The van der Waals surface area contributed by atoms with Crippen molar-refractivity contribution in [3.05, 3.63) is 40.7 Å². The van der Waals surface area contributed by atoms with Gasteiger partial charge in [0.2, 0.25) is 0 Å².